The summed E-state index contributed by atoms with van der Waals surface area (Å²) in [6, 6.07) is 13.2. The Kier molecular flexibility index (Phi) is 8.08. The molecule has 0 aliphatic carbocycles. The molecule has 8 nitrogen and oxygen atoms in total. The molecule has 32 heavy (non-hydrogen) atoms. The molecule has 0 aromatic heterocycles. The zero-order chi connectivity index (χ0) is 22.9. The predicted molar refractivity (Wildman–Crippen MR) is 119 cm³/mol. The summed E-state index contributed by atoms with van der Waals surface area (Å²) < 4.78 is 15.7. The number of carbonyl (C=O) groups is 3. The van der Waals surface area contributed by atoms with E-state index in [4.69, 9.17) is 14.2 Å². The van der Waals surface area contributed by atoms with Gasteiger partial charge in [-0.3, -0.25) is 9.59 Å². The lowest BCUT2D eigenvalue weighted by Crippen LogP contribution is -2.41. The van der Waals surface area contributed by atoms with Crippen molar-refractivity contribution >= 4 is 23.5 Å². The summed E-state index contributed by atoms with van der Waals surface area (Å²) in [5.74, 6) is 0.456. The van der Waals surface area contributed by atoms with Crippen LogP contribution in [0.15, 0.2) is 48.5 Å². The molecule has 1 unspecified atom stereocenters. The Balaban J connectivity index is 1.43. The molecule has 1 heterocycles. The first-order chi connectivity index (χ1) is 15.4. The van der Waals surface area contributed by atoms with E-state index in [1.54, 1.807) is 48.4 Å². The highest BCUT2D eigenvalue weighted by molar-refractivity contribution is 5.92. The van der Waals surface area contributed by atoms with Gasteiger partial charge in [0, 0.05) is 24.8 Å². The van der Waals surface area contributed by atoms with Crippen molar-refractivity contribution in [2.75, 3.05) is 38.7 Å². The van der Waals surface area contributed by atoms with Crippen LogP contribution in [-0.2, 0) is 14.3 Å². The Morgan fingerprint density at radius 2 is 1.84 bits per heavy atom. The first-order valence-electron chi connectivity index (χ1n) is 10.6. The summed E-state index contributed by atoms with van der Waals surface area (Å²) in [6.45, 7) is 3.06. The summed E-state index contributed by atoms with van der Waals surface area (Å²) in [5, 5.41) is 2.72. The van der Waals surface area contributed by atoms with Crippen LogP contribution in [0.4, 0.5) is 5.69 Å². The van der Waals surface area contributed by atoms with Gasteiger partial charge in [-0.25, -0.2) is 4.79 Å². The van der Waals surface area contributed by atoms with Crippen molar-refractivity contribution in [1.29, 1.82) is 0 Å². The molecule has 170 valence electrons. The molecule has 2 aromatic rings. The number of hydrogen-bond acceptors (Lipinski definition) is 6. The molecular weight excluding hydrogens is 412 g/mol. The van der Waals surface area contributed by atoms with E-state index in [0.29, 0.717) is 41.8 Å². The molecular formula is C24H28N2O6. The van der Waals surface area contributed by atoms with E-state index in [-0.39, 0.29) is 25.0 Å². The Labute approximate surface area is 187 Å². The molecule has 1 atom stereocenters. The fourth-order valence-corrected chi connectivity index (χ4v) is 3.45. The number of nitrogens with zero attached hydrogens (tertiary/aromatic N) is 1. The van der Waals surface area contributed by atoms with Gasteiger partial charge >= 0.3 is 5.97 Å². The number of hydrogen-bond donors (Lipinski definition) is 1. The number of anilines is 1. The fraction of sp³-hybridized carbons (Fsp3) is 0.375. The molecule has 3 rings (SSSR count). The van der Waals surface area contributed by atoms with E-state index in [1.165, 1.54) is 12.1 Å². The minimum absolute atomic E-state index is 0.174. The second-order valence-electron chi connectivity index (χ2n) is 7.76. The summed E-state index contributed by atoms with van der Waals surface area (Å²) in [6.07, 6.45) is 2.08. The maximum absolute atomic E-state index is 12.2. The van der Waals surface area contributed by atoms with Crippen molar-refractivity contribution in [3.63, 3.8) is 0 Å². The Hall–Kier alpha value is -3.55. The number of ether oxygens (including phenoxy) is 3. The third kappa shape index (κ3) is 6.73. The van der Waals surface area contributed by atoms with Crippen LogP contribution >= 0.6 is 0 Å². The second-order valence-corrected chi connectivity index (χ2v) is 7.76. The van der Waals surface area contributed by atoms with Crippen molar-refractivity contribution in [3.8, 4) is 11.5 Å². The summed E-state index contributed by atoms with van der Waals surface area (Å²) in [5.41, 5.74) is 0.905. The van der Waals surface area contributed by atoms with E-state index < -0.39 is 5.97 Å². The average molecular weight is 440 g/mol. The highest BCUT2D eigenvalue weighted by Crippen LogP contribution is 2.18. The van der Waals surface area contributed by atoms with Crippen LogP contribution in [0.3, 0.4) is 0 Å². The van der Waals surface area contributed by atoms with E-state index >= 15 is 0 Å². The summed E-state index contributed by atoms with van der Waals surface area (Å²) >= 11 is 0. The maximum atomic E-state index is 12.2. The first-order valence-corrected chi connectivity index (χ1v) is 10.6. The van der Waals surface area contributed by atoms with Gasteiger partial charge in [-0.15, -0.1) is 0 Å². The number of carbonyl (C=O) groups excluding carboxylic acids is 3. The molecule has 1 saturated heterocycles. The van der Waals surface area contributed by atoms with Crippen LogP contribution in [0.1, 0.15) is 30.1 Å². The molecule has 0 spiro atoms. The van der Waals surface area contributed by atoms with Gasteiger partial charge in [0.05, 0.1) is 12.7 Å². The number of rotatable bonds is 8. The molecule has 1 aliphatic heterocycles. The highest BCUT2D eigenvalue weighted by Gasteiger charge is 2.22. The quantitative estimate of drug-likeness (QED) is 0.634. The normalized spacial score (nSPS) is 15.6. The number of likely N-dealkylation sites (tertiary alicyclic amines) is 1. The molecule has 8 heteroatoms. The van der Waals surface area contributed by atoms with Crippen molar-refractivity contribution in [2.24, 2.45) is 5.92 Å². The highest BCUT2D eigenvalue weighted by atomic mass is 16.5. The van der Waals surface area contributed by atoms with Crippen molar-refractivity contribution in [3.05, 3.63) is 54.1 Å². The Bertz CT molecular complexity index is 944. The number of piperidine rings is 1. The maximum Gasteiger partial charge on any atom is 0.338 e. The first kappa shape index (κ1) is 23.1. The number of esters is 1. The van der Waals surface area contributed by atoms with E-state index in [9.17, 15) is 14.4 Å². The topological polar surface area (TPSA) is 94.2 Å². The van der Waals surface area contributed by atoms with Gasteiger partial charge in [0.2, 0.25) is 0 Å². The molecule has 1 fully saturated rings. The molecule has 2 aromatic carbocycles. The molecule has 1 aliphatic rings. The van der Waals surface area contributed by atoms with Crippen LogP contribution in [0, 0.1) is 5.92 Å². The van der Waals surface area contributed by atoms with Gasteiger partial charge in [0.1, 0.15) is 11.5 Å². The van der Waals surface area contributed by atoms with E-state index in [1.807, 2.05) is 0 Å². The lowest BCUT2D eigenvalue weighted by molar-refractivity contribution is -0.136. The molecule has 1 N–H and O–H groups in total. The predicted octanol–water partition coefficient (Wildman–Crippen LogP) is 3.13. The second kappa shape index (κ2) is 11.2. The summed E-state index contributed by atoms with van der Waals surface area (Å²) in [7, 11) is 1.55. The number of nitrogens with one attached hydrogen (secondary N) is 1. The van der Waals surface area contributed by atoms with Crippen molar-refractivity contribution in [2.45, 2.75) is 19.8 Å². The zero-order valence-electron chi connectivity index (χ0n) is 18.3. The van der Waals surface area contributed by atoms with Gasteiger partial charge < -0.3 is 24.4 Å². The minimum atomic E-state index is -0.578. The number of amides is 2. The third-order valence-electron chi connectivity index (χ3n) is 5.15. The SMILES string of the molecule is COc1cccc(NC(=O)COc2ccc(C(=O)OCC(=O)N3CCCC(C)C3)cc2)c1. The molecule has 0 saturated carbocycles. The van der Waals surface area contributed by atoms with Crippen molar-refractivity contribution in [1.82, 2.24) is 4.90 Å². The van der Waals surface area contributed by atoms with Crippen LogP contribution in [-0.4, -0.2) is 56.1 Å². The zero-order valence-corrected chi connectivity index (χ0v) is 18.3. The Morgan fingerprint density at radius 3 is 2.56 bits per heavy atom. The van der Waals surface area contributed by atoms with Crippen molar-refractivity contribution < 1.29 is 28.6 Å². The fourth-order valence-electron chi connectivity index (χ4n) is 3.45. The average Bonchev–Trinajstić information content (AvgIpc) is 2.81. The van der Waals surface area contributed by atoms with Gasteiger partial charge in [-0.05, 0) is 55.2 Å². The third-order valence-corrected chi connectivity index (χ3v) is 5.15. The standard InChI is InChI=1S/C24H28N2O6/c1-17-5-4-12-26(14-17)23(28)16-32-24(29)18-8-10-20(11-9-18)31-15-22(27)25-19-6-3-7-21(13-19)30-2/h3,6-11,13,17H,4-5,12,14-16H2,1-2H3,(H,25,27). The number of methoxy groups -OCH3 is 1. The lowest BCUT2D eigenvalue weighted by atomic mass is 10.0. The minimum Gasteiger partial charge on any atom is -0.497 e. The molecule has 0 bridgehead atoms. The van der Waals surface area contributed by atoms with Gasteiger partial charge in [-0.2, -0.15) is 0 Å². The van der Waals surface area contributed by atoms with Gasteiger partial charge in [0.25, 0.3) is 11.8 Å². The van der Waals surface area contributed by atoms with Gasteiger partial charge in [-0.1, -0.05) is 13.0 Å². The number of benzene rings is 2. The van der Waals surface area contributed by atoms with Crippen LogP contribution in [0.5, 0.6) is 11.5 Å². The lowest BCUT2D eigenvalue weighted by Gasteiger charge is -2.30. The van der Waals surface area contributed by atoms with E-state index in [2.05, 4.69) is 12.2 Å². The van der Waals surface area contributed by atoms with Crippen LogP contribution < -0.4 is 14.8 Å². The molecule has 2 amide bonds. The smallest absolute Gasteiger partial charge is 0.338 e. The largest absolute Gasteiger partial charge is 0.497 e. The van der Waals surface area contributed by atoms with Crippen LogP contribution in [0.2, 0.25) is 0 Å². The summed E-state index contributed by atoms with van der Waals surface area (Å²) in [4.78, 5) is 38.3. The Morgan fingerprint density at radius 1 is 1.06 bits per heavy atom. The van der Waals surface area contributed by atoms with E-state index in [0.717, 1.165) is 12.8 Å². The van der Waals surface area contributed by atoms with Crippen LogP contribution in [0.25, 0.3) is 0 Å². The van der Waals surface area contributed by atoms with Gasteiger partial charge in [0.15, 0.2) is 13.2 Å². The molecule has 0 radical (unpaired) electrons. The monoisotopic (exact) mass is 440 g/mol.